The molecular weight excluding hydrogens is 282 g/mol. The Bertz CT molecular complexity index is 669. The Morgan fingerprint density at radius 2 is 2.32 bits per heavy atom. The molecule has 1 unspecified atom stereocenters. The Labute approximate surface area is 128 Å². The summed E-state index contributed by atoms with van der Waals surface area (Å²) in [5, 5.41) is 4.04. The van der Waals surface area contributed by atoms with Crippen LogP contribution < -0.4 is 0 Å². The lowest BCUT2D eigenvalue weighted by Crippen LogP contribution is -2.39. The minimum absolute atomic E-state index is 0.0607. The van der Waals surface area contributed by atoms with Crippen molar-refractivity contribution >= 4 is 5.91 Å². The van der Waals surface area contributed by atoms with Crippen molar-refractivity contribution in [2.75, 3.05) is 13.1 Å². The average molecular weight is 301 g/mol. The van der Waals surface area contributed by atoms with Gasteiger partial charge in [0, 0.05) is 31.6 Å². The highest BCUT2D eigenvalue weighted by Crippen LogP contribution is 2.25. The van der Waals surface area contributed by atoms with Gasteiger partial charge in [-0.3, -0.25) is 4.79 Å². The molecular formula is C15H19N5O2. The predicted molar refractivity (Wildman–Crippen MR) is 78.3 cm³/mol. The Hall–Kier alpha value is -2.31. The number of piperidine rings is 1. The van der Waals surface area contributed by atoms with Crippen LogP contribution in [0.5, 0.6) is 0 Å². The zero-order valence-electron chi connectivity index (χ0n) is 12.8. The lowest BCUT2D eigenvalue weighted by atomic mass is 9.97. The highest BCUT2D eigenvalue weighted by Gasteiger charge is 2.29. The zero-order valence-corrected chi connectivity index (χ0v) is 12.8. The van der Waals surface area contributed by atoms with E-state index in [0.717, 1.165) is 25.8 Å². The van der Waals surface area contributed by atoms with E-state index in [9.17, 15) is 4.79 Å². The minimum atomic E-state index is -0.0607. The summed E-state index contributed by atoms with van der Waals surface area (Å²) in [5.74, 6) is 2.02. The van der Waals surface area contributed by atoms with Gasteiger partial charge in [-0.2, -0.15) is 4.98 Å². The Morgan fingerprint density at radius 3 is 3.05 bits per heavy atom. The normalized spacial score (nSPS) is 18.5. The van der Waals surface area contributed by atoms with E-state index >= 15 is 0 Å². The molecule has 2 aromatic rings. The number of aryl methyl sites for hydroxylation is 2. The van der Waals surface area contributed by atoms with Crippen molar-refractivity contribution in [1.29, 1.82) is 0 Å². The zero-order chi connectivity index (χ0) is 15.5. The fourth-order valence-corrected chi connectivity index (χ4v) is 2.69. The molecule has 1 aliphatic rings. The van der Waals surface area contributed by atoms with E-state index in [2.05, 4.69) is 20.1 Å². The van der Waals surface area contributed by atoms with E-state index in [1.807, 2.05) is 11.8 Å². The van der Waals surface area contributed by atoms with Gasteiger partial charge in [0.2, 0.25) is 5.89 Å². The van der Waals surface area contributed by atoms with E-state index < -0.39 is 0 Å². The first-order valence-electron chi connectivity index (χ1n) is 7.58. The standard InChI is InChI=1S/C15H19N5O2/c1-3-13-18-14(19-22-13)11-5-4-8-20(9-11)15(21)12-6-7-16-10(2)17-12/h6-7,11H,3-5,8-9H2,1-2H3. The van der Waals surface area contributed by atoms with Crippen molar-refractivity contribution < 1.29 is 9.32 Å². The van der Waals surface area contributed by atoms with Crippen molar-refractivity contribution in [3.63, 3.8) is 0 Å². The monoisotopic (exact) mass is 301 g/mol. The summed E-state index contributed by atoms with van der Waals surface area (Å²) in [6, 6.07) is 1.66. The van der Waals surface area contributed by atoms with Crippen LogP contribution in [-0.4, -0.2) is 44.0 Å². The summed E-state index contributed by atoms with van der Waals surface area (Å²) in [6.45, 7) is 5.09. The predicted octanol–water partition coefficient (Wildman–Crippen LogP) is 1.75. The number of carbonyl (C=O) groups excluding carboxylic acids is 1. The maximum absolute atomic E-state index is 12.6. The molecule has 0 aromatic carbocycles. The number of carbonyl (C=O) groups is 1. The molecule has 2 aromatic heterocycles. The van der Waals surface area contributed by atoms with Crippen LogP contribution in [0.2, 0.25) is 0 Å². The summed E-state index contributed by atoms with van der Waals surface area (Å²) in [7, 11) is 0. The van der Waals surface area contributed by atoms with E-state index in [-0.39, 0.29) is 11.8 Å². The van der Waals surface area contributed by atoms with Gasteiger partial charge in [-0.05, 0) is 25.8 Å². The van der Waals surface area contributed by atoms with Gasteiger partial charge in [-0.1, -0.05) is 12.1 Å². The molecule has 22 heavy (non-hydrogen) atoms. The first-order valence-corrected chi connectivity index (χ1v) is 7.58. The number of amides is 1. The second kappa shape index (κ2) is 6.21. The maximum Gasteiger partial charge on any atom is 0.272 e. The van der Waals surface area contributed by atoms with Crippen LogP contribution in [0, 0.1) is 6.92 Å². The van der Waals surface area contributed by atoms with Crippen molar-refractivity contribution in [3.05, 3.63) is 35.5 Å². The molecule has 1 aliphatic heterocycles. The van der Waals surface area contributed by atoms with E-state index in [0.29, 0.717) is 29.8 Å². The van der Waals surface area contributed by atoms with Gasteiger partial charge in [-0.25, -0.2) is 9.97 Å². The number of hydrogen-bond acceptors (Lipinski definition) is 6. The SMILES string of the molecule is CCc1nc(C2CCCN(C(=O)c3ccnc(C)n3)C2)no1. The molecule has 0 spiro atoms. The molecule has 7 heteroatoms. The van der Waals surface area contributed by atoms with Crippen LogP contribution in [0.25, 0.3) is 0 Å². The lowest BCUT2D eigenvalue weighted by Gasteiger charge is -2.31. The first-order chi connectivity index (χ1) is 10.7. The fraction of sp³-hybridized carbons (Fsp3) is 0.533. The summed E-state index contributed by atoms with van der Waals surface area (Å²) in [5.41, 5.74) is 0.440. The third-order valence-electron chi connectivity index (χ3n) is 3.86. The van der Waals surface area contributed by atoms with Gasteiger partial charge in [-0.15, -0.1) is 0 Å². The van der Waals surface area contributed by atoms with E-state index in [4.69, 9.17) is 4.52 Å². The second-order valence-corrected chi connectivity index (χ2v) is 5.48. The van der Waals surface area contributed by atoms with Gasteiger partial charge < -0.3 is 9.42 Å². The molecule has 1 fully saturated rings. The summed E-state index contributed by atoms with van der Waals surface area (Å²) < 4.78 is 5.18. The molecule has 0 bridgehead atoms. The van der Waals surface area contributed by atoms with Crippen LogP contribution in [0.1, 0.15) is 53.7 Å². The van der Waals surface area contributed by atoms with E-state index in [1.54, 1.807) is 19.2 Å². The van der Waals surface area contributed by atoms with Gasteiger partial charge >= 0.3 is 0 Å². The van der Waals surface area contributed by atoms with Crippen LogP contribution >= 0.6 is 0 Å². The Morgan fingerprint density at radius 1 is 1.45 bits per heavy atom. The van der Waals surface area contributed by atoms with Gasteiger partial charge in [0.25, 0.3) is 5.91 Å². The van der Waals surface area contributed by atoms with Crippen molar-refractivity contribution in [2.45, 2.75) is 39.0 Å². The molecule has 3 rings (SSSR count). The molecule has 0 saturated carbocycles. The molecule has 116 valence electrons. The highest BCUT2D eigenvalue weighted by atomic mass is 16.5. The first kappa shape index (κ1) is 14.6. The van der Waals surface area contributed by atoms with Crippen molar-refractivity contribution in [3.8, 4) is 0 Å². The number of likely N-dealkylation sites (tertiary alicyclic amines) is 1. The molecule has 0 aliphatic carbocycles. The third kappa shape index (κ3) is 2.98. The fourth-order valence-electron chi connectivity index (χ4n) is 2.69. The molecule has 1 amide bonds. The highest BCUT2D eigenvalue weighted by molar-refractivity contribution is 5.92. The van der Waals surface area contributed by atoms with Gasteiger partial charge in [0.05, 0.1) is 0 Å². The number of hydrogen-bond donors (Lipinski definition) is 0. The molecule has 0 N–H and O–H groups in total. The lowest BCUT2D eigenvalue weighted by molar-refractivity contribution is 0.0697. The largest absolute Gasteiger partial charge is 0.339 e. The van der Waals surface area contributed by atoms with Crippen LogP contribution in [-0.2, 0) is 6.42 Å². The van der Waals surface area contributed by atoms with Crippen LogP contribution in [0.15, 0.2) is 16.8 Å². The van der Waals surface area contributed by atoms with Crippen molar-refractivity contribution in [1.82, 2.24) is 25.0 Å². The Kier molecular flexibility index (Phi) is 4.13. The molecule has 7 nitrogen and oxygen atoms in total. The molecule has 1 saturated heterocycles. The maximum atomic E-state index is 12.6. The topological polar surface area (TPSA) is 85.0 Å². The summed E-state index contributed by atoms with van der Waals surface area (Å²) in [4.78, 5) is 27.0. The van der Waals surface area contributed by atoms with Crippen molar-refractivity contribution in [2.24, 2.45) is 0 Å². The van der Waals surface area contributed by atoms with Crippen LogP contribution in [0.3, 0.4) is 0 Å². The quantitative estimate of drug-likeness (QED) is 0.858. The number of nitrogens with zero attached hydrogens (tertiary/aromatic N) is 5. The van der Waals surface area contributed by atoms with Gasteiger partial charge in [0.1, 0.15) is 11.5 Å². The molecule has 1 atom stereocenters. The van der Waals surface area contributed by atoms with E-state index in [1.165, 1.54) is 0 Å². The molecule has 3 heterocycles. The van der Waals surface area contributed by atoms with Crippen LogP contribution in [0.4, 0.5) is 0 Å². The third-order valence-corrected chi connectivity index (χ3v) is 3.86. The number of rotatable bonds is 3. The minimum Gasteiger partial charge on any atom is -0.339 e. The Balaban J connectivity index is 1.73. The summed E-state index contributed by atoms with van der Waals surface area (Å²) >= 11 is 0. The smallest absolute Gasteiger partial charge is 0.272 e. The number of aromatic nitrogens is 4. The second-order valence-electron chi connectivity index (χ2n) is 5.48. The molecule has 0 radical (unpaired) electrons. The average Bonchev–Trinajstić information content (AvgIpc) is 3.03. The summed E-state index contributed by atoms with van der Waals surface area (Å²) in [6.07, 6.45) is 4.23. The van der Waals surface area contributed by atoms with Gasteiger partial charge in [0.15, 0.2) is 5.82 Å².